The number of nitrogens with one attached hydrogen (secondary N) is 1. The first-order valence-corrected chi connectivity index (χ1v) is 10.2. The Kier molecular flexibility index (Phi) is 6.75. The Hall–Kier alpha value is -2.31. The Morgan fingerprint density at radius 3 is 2.32 bits per heavy atom. The van der Waals surface area contributed by atoms with Gasteiger partial charge in [-0.25, -0.2) is 4.79 Å². The zero-order chi connectivity index (χ0) is 20.1. The van der Waals surface area contributed by atoms with Gasteiger partial charge in [0.25, 0.3) is 0 Å². The number of ether oxygens (including phenoxy) is 1. The molecule has 0 aromatic heterocycles. The monoisotopic (exact) mass is 503 g/mol. The molecule has 0 atom stereocenters. The molecule has 3 aromatic rings. The van der Waals surface area contributed by atoms with Gasteiger partial charge >= 0.3 is 5.97 Å². The van der Waals surface area contributed by atoms with E-state index < -0.39 is 5.97 Å². The second-order valence-electron chi connectivity index (χ2n) is 6.35. The summed E-state index contributed by atoms with van der Waals surface area (Å²) < 4.78 is 7.66. The summed E-state index contributed by atoms with van der Waals surface area (Å²) in [5.41, 5.74) is 4.19. The molecule has 3 aromatic carbocycles. The number of hydrogen-bond donors (Lipinski definition) is 2. The van der Waals surface area contributed by atoms with E-state index in [4.69, 9.17) is 9.84 Å². The molecule has 0 aliphatic heterocycles. The van der Waals surface area contributed by atoms with Crippen molar-refractivity contribution in [1.82, 2.24) is 0 Å². The molecule has 0 radical (unpaired) electrons. The normalized spacial score (nSPS) is 10.5. The first-order chi connectivity index (χ1) is 13.4. The Labute approximate surface area is 180 Å². The molecular weight excluding hydrogens is 486 g/mol. The van der Waals surface area contributed by atoms with Crippen LogP contribution in [0.5, 0.6) is 5.75 Å². The highest BCUT2D eigenvalue weighted by molar-refractivity contribution is 9.11. The van der Waals surface area contributed by atoms with Crippen LogP contribution in [0, 0.1) is 6.92 Å². The predicted octanol–water partition coefficient (Wildman–Crippen LogP) is 6.41. The number of hydrogen-bond acceptors (Lipinski definition) is 3. The van der Waals surface area contributed by atoms with E-state index in [1.165, 1.54) is 0 Å². The number of aryl methyl sites for hydroxylation is 1. The lowest BCUT2D eigenvalue weighted by molar-refractivity contribution is 0.0697. The zero-order valence-electron chi connectivity index (χ0n) is 15.2. The molecule has 0 aliphatic carbocycles. The Morgan fingerprint density at radius 1 is 1.00 bits per heavy atom. The van der Waals surface area contributed by atoms with E-state index in [-0.39, 0.29) is 5.56 Å². The Bertz CT molecular complexity index is 967. The van der Waals surface area contributed by atoms with E-state index >= 15 is 0 Å². The van der Waals surface area contributed by atoms with E-state index in [1.807, 2.05) is 49.4 Å². The van der Waals surface area contributed by atoms with Gasteiger partial charge in [-0.1, -0.05) is 36.4 Å². The molecule has 0 amide bonds. The van der Waals surface area contributed by atoms with Gasteiger partial charge in [-0.2, -0.15) is 0 Å². The van der Waals surface area contributed by atoms with Gasteiger partial charge in [-0.05, 0) is 79.7 Å². The topological polar surface area (TPSA) is 58.6 Å². The molecular formula is C22H19Br2NO3. The average Bonchev–Trinajstić information content (AvgIpc) is 2.67. The molecule has 6 heteroatoms. The standard InChI is InChI=1S/C22H19Br2NO3/c1-14-7-8-17(22(26)27)11-20(14)25-12-16-9-18(23)21(19(24)10-16)28-13-15-5-3-2-4-6-15/h2-11,25H,12-13H2,1H3,(H,26,27). The van der Waals surface area contributed by atoms with Crippen LogP contribution in [0.1, 0.15) is 27.0 Å². The van der Waals surface area contributed by atoms with Crippen LogP contribution >= 0.6 is 31.9 Å². The Balaban J connectivity index is 1.70. The van der Waals surface area contributed by atoms with Crippen LogP contribution < -0.4 is 10.1 Å². The lowest BCUT2D eigenvalue weighted by atomic mass is 10.1. The highest BCUT2D eigenvalue weighted by atomic mass is 79.9. The predicted molar refractivity (Wildman–Crippen MR) is 118 cm³/mol. The van der Waals surface area contributed by atoms with Crippen molar-refractivity contribution in [2.24, 2.45) is 0 Å². The first kappa shape index (κ1) is 20.4. The van der Waals surface area contributed by atoms with Crippen LogP contribution in [0.4, 0.5) is 5.69 Å². The van der Waals surface area contributed by atoms with Crippen molar-refractivity contribution in [1.29, 1.82) is 0 Å². The molecule has 2 N–H and O–H groups in total. The average molecular weight is 505 g/mol. The van der Waals surface area contributed by atoms with Gasteiger partial charge in [0.15, 0.2) is 0 Å². The van der Waals surface area contributed by atoms with E-state index in [0.29, 0.717) is 13.2 Å². The maximum Gasteiger partial charge on any atom is 0.335 e. The van der Waals surface area contributed by atoms with Gasteiger partial charge < -0.3 is 15.2 Å². The van der Waals surface area contributed by atoms with Crippen molar-refractivity contribution in [3.8, 4) is 5.75 Å². The smallest absolute Gasteiger partial charge is 0.335 e. The number of benzene rings is 3. The third-order valence-corrected chi connectivity index (χ3v) is 5.43. The second kappa shape index (κ2) is 9.26. The van der Waals surface area contributed by atoms with Crippen molar-refractivity contribution in [3.05, 3.63) is 91.9 Å². The van der Waals surface area contributed by atoms with Crippen LogP contribution in [0.15, 0.2) is 69.6 Å². The lowest BCUT2D eigenvalue weighted by Crippen LogP contribution is -2.04. The molecule has 0 spiro atoms. The molecule has 0 saturated heterocycles. The number of carbonyl (C=O) groups is 1. The fourth-order valence-electron chi connectivity index (χ4n) is 2.72. The third-order valence-electron chi connectivity index (χ3n) is 4.25. The van der Waals surface area contributed by atoms with Gasteiger partial charge in [0.1, 0.15) is 12.4 Å². The van der Waals surface area contributed by atoms with Crippen molar-refractivity contribution in [2.75, 3.05) is 5.32 Å². The van der Waals surface area contributed by atoms with Crippen LogP contribution in [0.3, 0.4) is 0 Å². The largest absolute Gasteiger partial charge is 0.487 e. The zero-order valence-corrected chi connectivity index (χ0v) is 18.4. The van der Waals surface area contributed by atoms with E-state index in [1.54, 1.807) is 18.2 Å². The summed E-state index contributed by atoms with van der Waals surface area (Å²) in [5.74, 6) is -0.190. The number of rotatable bonds is 7. The van der Waals surface area contributed by atoms with Gasteiger partial charge in [0.05, 0.1) is 14.5 Å². The van der Waals surface area contributed by atoms with Crippen molar-refractivity contribution in [3.63, 3.8) is 0 Å². The number of carboxylic acid groups (broad SMARTS) is 1. The summed E-state index contributed by atoms with van der Waals surface area (Å²) >= 11 is 7.16. The molecule has 0 aliphatic rings. The summed E-state index contributed by atoms with van der Waals surface area (Å²) in [6.45, 7) is 2.98. The number of anilines is 1. The van der Waals surface area contributed by atoms with Crippen LogP contribution in [0.2, 0.25) is 0 Å². The molecule has 28 heavy (non-hydrogen) atoms. The fraction of sp³-hybridized carbons (Fsp3) is 0.136. The number of aromatic carboxylic acids is 1. The third kappa shape index (κ3) is 5.14. The summed E-state index contributed by atoms with van der Waals surface area (Å²) in [6, 6.07) is 19.0. The fourth-order valence-corrected chi connectivity index (χ4v) is 4.24. The molecule has 0 saturated carbocycles. The molecule has 4 nitrogen and oxygen atoms in total. The van der Waals surface area contributed by atoms with Gasteiger partial charge in [0, 0.05) is 12.2 Å². The molecule has 3 rings (SSSR count). The van der Waals surface area contributed by atoms with E-state index in [9.17, 15) is 4.79 Å². The highest BCUT2D eigenvalue weighted by Crippen LogP contribution is 2.35. The minimum Gasteiger partial charge on any atom is -0.487 e. The Morgan fingerprint density at radius 2 is 1.68 bits per heavy atom. The van der Waals surface area contributed by atoms with Crippen molar-refractivity contribution < 1.29 is 14.6 Å². The quantitative estimate of drug-likeness (QED) is 0.390. The van der Waals surface area contributed by atoms with Gasteiger partial charge in [-0.3, -0.25) is 0 Å². The molecule has 0 unspecified atom stereocenters. The number of carboxylic acids is 1. The van der Waals surface area contributed by atoms with Crippen LogP contribution in [-0.4, -0.2) is 11.1 Å². The SMILES string of the molecule is Cc1ccc(C(=O)O)cc1NCc1cc(Br)c(OCc2ccccc2)c(Br)c1. The van der Waals surface area contributed by atoms with Gasteiger partial charge in [0.2, 0.25) is 0 Å². The number of halogens is 2. The van der Waals surface area contributed by atoms with E-state index in [0.717, 1.165) is 37.1 Å². The highest BCUT2D eigenvalue weighted by Gasteiger charge is 2.11. The molecule has 0 fully saturated rings. The summed E-state index contributed by atoms with van der Waals surface area (Å²) in [5, 5.41) is 12.5. The maximum atomic E-state index is 11.2. The maximum absolute atomic E-state index is 11.2. The first-order valence-electron chi connectivity index (χ1n) is 8.66. The lowest BCUT2D eigenvalue weighted by Gasteiger charge is -2.14. The molecule has 0 bridgehead atoms. The van der Waals surface area contributed by atoms with E-state index in [2.05, 4.69) is 37.2 Å². The van der Waals surface area contributed by atoms with Crippen molar-refractivity contribution in [2.45, 2.75) is 20.1 Å². The summed E-state index contributed by atoms with van der Waals surface area (Å²) in [4.78, 5) is 11.2. The van der Waals surface area contributed by atoms with Crippen molar-refractivity contribution >= 4 is 43.5 Å². The van der Waals surface area contributed by atoms with Crippen LogP contribution in [-0.2, 0) is 13.2 Å². The minimum absolute atomic E-state index is 0.264. The summed E-state index contributed by atoms with van der Waals surface area (Å²) in [6.07, 6.45) is 0. The van der Waals surface area contributed by atoms with Gasteiger partial charge in [-0.15, -0.1) is 0 Å². The minimum atomic E-state index is -0.937. The molecule has 144 valence electrons. The molecule has 0 heterocycles. The van der Waals surface area contributed by atoms with Crippen LogP contribution in [0.25, 0.3) is 0 Å². The summed E-state index contributed by atoms with van der Waals surface area (Å²) in [7, 11) is 0. The second-order valence-corrected chi connectivity index (χ2v) is 8.06.